The number of rotatable bonds is 7. The molecule has 20 heavy (non-hydrogen) atoms. The molecule has 0 saturated carbocycles. The average Bonchev–Trinajstić information content (AvgIpc) is 2.35. The van der Waals surface area contributed by atoms with Crippen molar-refractivity contribution in [1.82, 2.24) is 4.72 Å². The molecule has 0 aliphatic heterocycles. The van der Waals surface area contributed by atoms with Gasteiger partial charge in [0.15, 0.2) is 0 Å². The molecule has 8 heteroatoms. The number of hydrogen-bond donors (Lipinski definition) is 2. The minimum Gasteiger partial charge on any atom is -0.387 e. The number of hydrogen-bond acceptors (Lipinski definition) is 4. The van der Waals surface area contributed by atoms with Crippen LogP contribution in [-0.4, -0.2) is 25.8 Å². The number of aliphatic hydroxyl groups excluding tert-OH is 1. The molecule has 0 spiro atoms. The molecule has 5 nitrogen and oxygen atoms in total. The Morgan fingerprint density at radius 2 is 1.90 bits per heavy atom. The zero-order chi connectivity index (χ0) is 15.2. The van der Waals surface area contributed by atoms with Crippen LogP contribution in [0.25, 0.3) is 0 Å². The summed E-state index contributed by atoms with van der Waals surface area (Å²) in [5.74, 6) is -0.149. The lowest BCUT2D eigenvalue weighted by Gasteiger charge is -2.13. The molecule has 1 unspecified atom stereocenters. The first kappa shape index (κ1) is 17.2. The monoisotopic (exact) mass is 336 g/mol. The topological polar surface area (TPSA) is 90.2 Å². The summed E-state index contributed by atoms with van der Waals surface area (Å²) in [5.41, 5.74) is 0.433. The number of nitriles is 1. The standard InChI is InChI=1S/C12H14Cl2N2O3S/c13-10-5-9(6-11(14)7-10)12(17)8-16-20(18,19)4-2-1-3-15/h5-7,12,16-17H,1-2,4,8H2. The van der Waals surface area contributed by atoms with Gasteiger partial charge in [0.1, 0.15) is 0 Å². The molecule has 0 fully saturated rings. The van der Waals surface area contributed by atoms with E-state index in [-0.39, 0.29) is 25.1 Å². The fraction of sp³-hybridized carbons (Fsp3) is 0.417. The quantitative estimate of drug-likeness (QED) is 0.747. The second kappa shape index (κ2) is 7.81. The molecule has 1 aromatic rings. The average molecular weight is 337 g/mol. The maximum Gasteiger partial charge on any atom is 0.211 e. The second-order valence-corrected chi connectivity index (χ2v) is 6.95. The lowest BCUT2D eigenvalue weighted by atomic mass is 10.1. The summed E-state index contributed by atoms with van der Waals surface area (Å²) < 4.78 is 25.5. The molecule has 0 saturated heterocycles. The van der Waals surface area contributed by atoms with Crippen molar-refractivity contribution in [2.75, 3.05) is 12.3 Å². The Balaban J connectivity index is 2.58. The first-order valence-electron chi connectivity index (χ1n) is 5.82. The van der Waals surface area contributed by atoms with Gasteiger partial charge in [-0.3, -0.25) is 0 Å². The molecule has 0 amide bonds. The van der Waals surface area contributed by atoms with Crippen molar-refractivity contribution in [2.45, 2.75) is 18.9 Å². The Hall–Kier alpha value is -0.840. The summed E-state index contributed by atoms with van der Waals surface area (Å²) in [4.78, 5) is 0. The van der Waals surface area contributed by atoms with E-state index in [4.69, 9.17) is 28.5 Å². The van der Waals surface area contributed by atoms with Crippen molar-refractivity contribution in [1.29, 1.82) is 5.26 Å². The molecular formula is C12H14Cl2N2O3S. The van der Waals surface area contributed by atoms with E-state index in [9.17, 15) is 13.5 Å². The number of halogens is 2. The van der Waals surface area contributed by atoms with Crippen LogP contribution in [0.4, 0.5) is 0 Å². The molecule has 110 valence electrons. The van der Waals surface area contributed by atoms with E-state index in [1.807, 2.05) is 6.07 Å². The van der Waals surface area contributed by atoms with Gasteiger partial charge in [-0.25, -0.2) is 13.1 Å². The van der Waals surface area contributed by atoms with Gasteiger partial charge in [0.2, 0.25) is 10.0 Å². The van der Waals surface area contributed by atoms with Gasteiger partial charge in [-0.2, -0.15) is 5.26 Å². The van der Waals surface area contributed by atoms with E-state index < -0.39 is 16.1 Å². The molecule has 0 aliphatic rings. The van der Waals surface area contributed by atoms with Crippen LogP contribution in [-0.2, 0) is 10.0 Å². The maximum absolute atomic E-state index is 11.6. The smallest absolute Gasteiger partial charge is 0.211 e. The molecule has 1 aromatic carbocycles. The van der Waals surface area contributed by atoms with Crippen molar-refractivity contribution in [2.24, 2.45) is 0 Å². The van der Waals surface area contributed by atoms with Crippen molar-refractivity contribution in [3.63, 3.8) is 0 Å². The van der Waals surface area contributed by atoms with Gasteiger partial charge in [-0.1, -0.05) is 23.2 Å². The summed E-state index contributed by atoms with van der Waals surface area (Å²) in [7, 11) is -3.50. The van der Waals surface area contributed by atoms with Crippen molar-refractivity contribution < 1.29 is 13.5 Å². The highest BCUT2D eigenvalue weighted by Gasteiger charge is 2.15. The zero-order valence-corrected chi connectivity index (χ0v) is 12.8. The summed E-state index contributed by atoms with van der Waals surface area (Å²) in [5, 5.41) is 19.0. The van der Waals surface area contributed by atoms with Crippen LogP contribution in [0.1, 0.15) is 24.5 Å². The van der Waals surface area contributed by atoms with Crippen LogP contribution in [0.3, 0.4) is 0 Å². The summed E-state index contributed by atoms with van der Waals surface area (Å²) in [6.07, 6.45) is -0.616. The van der Waals surface area contributed by atoms with Crippen molar-refractivity contribution in [3.8, 4) is 6.07 Å². The first-order valence-corrected chi connectivity index (χ1v) is 8.23. The second-order valence-electron chi connectivity index (χ2n) is 4.15. The van der Waals surface area contributed by atoms with Crippen LogP contribution >= 0.6 is 23.2 Å². The van der Waals surface area contributed by atoms with Gasteiger partial charge in [-0.15, -0.1) is 0 Å². The predicted molar refractivity (Wildman–Crippen MR) is 78.1 cm³/mol. The molecule has 0 bridgehead atoms. The van der Waals surface area contributed by atoms with Gasteiger partial charge in [-0.05, 0) is 30.2 Å². The largest absolute Gasteiger partial charge is 0.387 e. The van der Waals surface area contributed by atoms with Gasteiger partial charge in [0, 0.05) is 23.0 Å². The van der Waals surface area contributed by atoms with Gasteiger partial charge in [0.05, 0.1) is 17.9 Å². The Bertz CT molecular complexity index is 579. The third kappa shape index (κ3) is 6.07. The number of benzene rings is 1. The van der Waals surface area contributed by atoms with Gasteiger partial charge >= 0.3 is 0 Å². The highest BCUT2D eigenvalue weighted by Crippen LogP contribution is 2.23. The third-order valence-corrected chi connectivity index (χ3v) is 4.34. The van der Waals surface area contributed by atoms with Crippen LogP contribution < -0.4 is 4.72 Å². The number of nitrogens with zero attached hydrogens (tertiary/aromatic N) is 1. The van der Waals surface area contributed by atoms with E-state index in [1.165, 1.54) is 18.2 Å². The molecule has 0 aromatic heterocycles. The van der Waals surface area contributed by atoms with E-state index in [2.05, 4.69) is 4.72 Å². The molecule has 0 radical (unpaired) electrons. The minimum atomic E-state index is -3.50. The summed E-state index contributed by atoms with van der Waals surface area (Å²) in [6, 6.07) is 6.42. The SMILES string of the molecule is N#CCCCS(=O)(=O)NCC(O)c1cc(Cl)cc(Cl)c1. The Morgan fingerprint density at radius 3 is 2.45 bits per heavy atom. The first-order chi connectivity index (χ1) is 9.34. The van der Waals surface area contributed by atoms with Crippen molar-refractivity contribution >= 4 is 33.2 Å². The molecule has 1 atom stereocenters. The predicted octanol–water partition coefficient (Wildman–Crippen LogP) is 2.25. The Morgan fingerprint density at radius 1 is 1.30 bits per heavy atom. The number of nitrogens with one attached hydrogen (secondary N) is 1. The fourth-order valence-corrected chi connectivity index (χ4v) is 3.13. The molecule has 1 rings (SSSR count). The lowest BCUT2D eigenvalue weighted by molar-refractivity contribution is 0.182. The molecule has 2 N–H and O–H groups in total. The normalized spacial score (nSPS) is 12.9. The van der Waals surface area contributed by atoms with Crippen LogP contribution in [0, 0.1) is 11.3 Å². The van der Waals surface area contributed by atoms with Crippen LogP contribution in [0.5, 0.6) is 0 Å². The number of sulfonamides is 1. The van der Waals surface area contributed by atoms with Crippen LogP contribution in [0.15, 0.2) is 18.2 Å². The number of unbranched alkanes of at least 4 members (excludes halogenated alkanes) is 1. The lowest BCUT2D eigenvalue weighted by Crippen LogP contribution is -2.30. The molecule has 0 aliphatic carbocycles. The van der Waals surface area contributed by atoms with E-state index in [0.717, 1.165) is 0 Å². The van der Waals surface area contributed by atoms with Gasteiger partial charge in [0.25, 0.3) is 0 Å². The third-order valence-electron chi connectivity index (χ3n) is 2.47. The van der Waals surface area contributed by atoms with E-state index in [0.29, 0.717) is 15.6 Å². The summed E-state index contributed by atoms with van der Waals surface area (Å²) >= 11 is 11.6. The highest BCUT2D eigenvalue weighted by atomic mass is 35.5. The molecule has 0 heterocycles. The Kier molecular flexibility index (Phi) is 6.72. The fourth-order valence-electron chi connectivity index (χ4n) is 1.50. The Labute approximate surface area is 128 Å². The summed E-state index contributed by atoms with van der Waals surface area (Å²) in [6.45, 7) is -0.175. The highest BCUT2D eigenvalue weighted by molar-refractivity contribution is 7.89. The van der Waals surface area contributed by atoms with Crippen molar-refractivity contribution in [3.05, 3.63) is 33.8 Å². The van der Waals surface area contributed by atoms with Gasteiger partial charge < -0.3 is 5.11 Å². The molecular weight excluding hydrogens is 323 g/mol. The van der Waals surface area contributed by atoms with Crippen LogP contribution in [0.2, 0.25) is 10.0 Å². The van der Waals surface area contributed by atoms with E-state index in [1.54, 1.807) is 0 Å². The minimum absolute atomic E-state index is 0.149. The number of aliphatic hydroxyl groups is 1. The van der Waals surface area contributed by atoms with E-state index >= 15 is 0 Å². The maximum atomic E-state index is 11.6. The zero-order valence-electron chi connectivity index (χ0n) is 10.5.